The highest BCUT2D eigenvalue weighted by atomic mass is 31.2. The van der Waals surface area contributed by atoms with Crippen molar-refractivity contribution in [1.82, 2.24) is 0 Å². The standard InChI is InChI=1S/C37H42O6P2/c1-20-11-24(5)34(40-44-38-28(9)32-17-22(3)13-26(7)36(32)42-44)30(15-20)19-31-16-21(2)12-25(6)35(31)41-45-39-29(10)33-18-23(4)14-27(8)37(33)43-45/h11-18,28-29H,19H2,1-10H3. The molecule has 45 heavy (non-hydrogen) atoms. The Hall–Kier alpha value is -3.14. The van der Waals surface area contributed by atoms with Crippen LogP contribution in [-0.4, -0.2) is 0 Å². The van der Waals surface area contributed by atoms with Crippen molar-refractivity contribution in [3.63, 3.8) is 0 Å². The van der Waals surface area contributed by atoms with E-state index in [0.717, 1.165) is 78.6 Å². The van der Waals surface area contributed by atoms with Crippen LogP contribution in [0.5, 0.6) is 23.0 Å². The van der Waals surface area contributed by atoms with E-state index in [1.807, 2.05) is 0 Å². The van der Waals surface area contributed by atoms with Gasteiger partial charge in [0.2, 0.25) is 0 Å². The molecule has 0 N–H and O–H groups in total. The number of aryl methyl sites for hydroxylation is 8. The van der Waals surface area contributed by atoms with Gasteiger partial charge in [-0.25, -0.2) is 0 Å². The first-order valence-electron chi connectivity index (χ1n) is 15.4. The van der Waals surface area contributed by atoms with Crippen molar-refractivity contribution in [2.45, 2.75) is 87.9 Å². The lowest BCUT2D eigenvalue weighted by Gasteiger charge is -2.31. The fraction of sp³-hybridized carbons (Fsp3) is 0.351. The van der Waals surface area contributed by atoms with E-state index >= 15 is 0 Å². The van der Waals surface area contributed by atoms with Gasteiger partial charge < -0.3 is 18.1 Å². The molecule has 0 spiro atoms. The zero-order valence-electron chi connectivity index (χ0n) is 27.8. The number of hydrogen-bond acceptors (Lipinski definition) is 6. The number of hydrogen-bond donors (Lipinski definition) is 0. The largest absolute Gasteiger partial charge is 0.463 e. The molecule has 4 aromatic carbocycles. The topological polar surface area (TPSA) is 55.4 Å². The van der Waals surface area contributed by atoms with Gasteiger partial charge in [-0.2, -0.15) is 0 Å². The van der Waals surface area contributed by atoms with Crippen molar-refractivity contribution in [3.8, 4) is 23.0 Å². The predicted molar refractivity (Wildman–Crippen MR) is 182 cm³/mol. The highest BCUT2D eigenvalue weighted by Crippen LogP contribution is 2.56. The first-order chi connectivity index (χ1) is 21.4. The van der Waals surface area contributed by atoms with Crippen LogP contribution < -0.4 is 18.1 Å². The summed E-state index contributed by atoms with van der Waals surface area (Å²) in [4.78, 5) is 0. The fourth-order valence-electron chi connectivity index (χ4n) is 6.43. The average Bonchev–Trinajstić information content (AvgIpc) is 2.94. The van der Waals surface area contributed by atoms with Gasteiger partial charge in [0, 0.05) is 17.5 Å². The highest BCUT2D eigenvalue weighted by Gasteiger charge is 2.34. The molecule has 6 rings (SSSR count). The van der Waals surface area contributed by atoms with Crippen molar-refractivity contribution in [2.75, 3.05) is 0 Å². The zero-order chi connectivity index (χ0) is 32.2. The molecule has 4 unspecified atom stereocenters. The Morgan fingerprint density at radius 2 is 0.867 bits per heavy atom. The molecular formula is C37H42O6P2. The summed E-state index contributed by atoms with van der Waals surface area (Å²) in [5, 5.41) is 0. The summed E-state index contributed by atoms with van der Waals surface area (Å²) in [5.74, 6) is 3.28. The van der Waals surface area contributed by atoms with Crippen LogP contribution >= 0.6 is 17.2 Å². The lowest BCUT2D eigenvalue weighted by Crippen LogP contribution is -2.14. The second-order valence-electron chi connectivity index (χ2n) is 12.6. The third-order valence-corrected chi connectivity index (χ3v) is 10.6. The van der Waals surface area contributed by atoms with Crippen LogP contribution in [0.3, 0.4) is 0 Å². The SMILES string of the molecule is Cc1cc(C)c(OP2Oc3c(C)cc(C)cc3C(C)O2)c(Cc2cc(C)cc(C)c2OP2Oc3c(C)cc(C)cc3C(C)O2)c1. The second kappa shape index (κ2) is 12.6. The Balaban J connectivity index is 1.31. The molecule has 0 aliphatic carbocycles. The molecule has 4 atom stereocenters. The van der Waals surface area contributed by atoms with Crippen molar-refractivity contribution in [2.24, 2.45) is 0 Å². The Morgan fingerprint density at radius 1 is 0.511 bits per heavy atom. The van der Waals surface area contributed by atoms with Crippen molar-refractivity contribution in [1.29, 1.82) is 0 Å². The van der Waals surface area contributed by atoms with Crippen LogP contribution in [0.1, 0.15) is 92.8 Å². The number of rotatable bonds is 6. The van der Waals surface area contributed by atoms with Gasteiger partial charge in [-0.3, -0.25) is 9.05 Å². The molecule has 4 aromatic rings. The van der Waals surface area contributed by atoms with E-state index < -0.39 is 17.2 Å². The summed E-state index contributed by atoms with van der Waals surface area (Å²) < 4.78 is 38.6. The van der Waals surface area contributed by atoms with E-state index in [2.05, 4.69) is 118 Å². The molecule has 236 valence electrons. The van der Waals surface area contributed by atoms with E-state index in [4.69, 9.17) is 27.1 Å². The molecule has 2 aliphatic rings. The van der Waals surface area contributed by atoms with Crippen molar-refractivity contribution in [3.05, 3.63) is 115 Å². The van der Waals surface area contributed by atoms with Crippen molar-refractivity contribution < 1.29 is 27.1 Å². The van der Waals surface area contributed by atoms with Gasteiger partial charge in [-0.1, -0.05) is 58.7 Å². The first-order valence-corrected chi connectivity index (χ1v) is 17.6. The molecule has 2 aliphatic heterocycles. The fourth-order valence-corrected chi connectivity index (χ4v) is 9.04. The second-order valence-corrected chi connectivity index (χ2v) is 14.7. The Morgan fingerprint density at radius 3 is 1.27 bits per heavy atom. The minimum absolute atomic E-state index is 0.134. The molecule has 0 bridgehead atoms. The molecule has 0 amide bonds. The van der Waals surface area contributed by atoms with Crippen LogP contribution in [-0.2, 0) is 15.5 Å². The molecule has 2 heterocycles. The summed E-state index contributed by atoms with van der Waals surface area (Å²) in [6.45, 7) is 20.8. The minimum Gasteiger partial charge on any atom is -0.417 e. The van der Waals surface area contributed by atoms with Crippen LogP contribution in [0, 0.1) is 55.4 Å². The van der Waals surface area contributed by atoms with Gasteiger partial charge in [0.25, 0.3) is 0 Å². The Kier molecular flexibility index (Phi) is 8.89. The molecule has 8 heteroatoms. The zero-order valence-corrected chi connectivity index (χ0v) is 29.6. The normalized spacial score (nSPS) is 20.5. The summed E-state index contributed by atoms with van der Waals surface area (Å²) in [5.41, 5.74) is 13.1. The molecule has 0 saturated carbocycles. The molecule has 0 aromatic heterocycles. The lowest BCUT2D eigenvalue weighted by atomic mass is 9.96. The average molecular weight is 645 g/mol. The first kappa shape index (κ1) is 31.8. The van der Waals surface area contributed by atoms with Gasteiger partial charge in [-0.05, 0) is 115 Å². The maximum Gasteiger partial charge on any atom is 0.463 e. The molecule has 0 saturated heterocycles. The van der Waals surface area contributed by atoms with E-state index in [-0.39, 0.29) is 12.2 Å². The molecular weight excluding hydrogens is 602 g/mol. The monoisotopic (exact) mass is 644 g/mol. The summed E-state index contributed by atoms with van der Waals surface area (Å²) in [6.07, 6.45) is 0.325. The van der Waals surface area contributed by atoms with Gasteiger partial charge in [-0.15, -0.1) is 0 Å². The number of fused-ring (bicyclic) bond motifs is 2. The van der Waals surface area contributed by atoms with Crippen LogP contribution in [0.15, 0.2) is 48.5 Å². The summed E-state index contributed by atoms with van der Waals surface area (Å²) >= 11 is 0. The molecule has 6 nitrogen and oxygen atoms in total. The molecule has 0 radical (unpaired) electrons. The maximum atomic E-state index is 6.62. The van der Waals surface area contributed by atoms with E-state index in [9.17, 15) is 0 Å². The van der Waals surface area contributed by atoms with Crippen LogP contribution in [0.4, 0.5) is 0 Å². The van der Waals surface area contributed by atoms with E-state index in [1.54, 1.807) is 0 Å². The Labute approximate surface area is 270 Å². The van der Waals surface area contributed by atoms with Gasteiger partial charge in [0.05, 0.1) is 12.2 Å². The minimum atomic E-state index is -1.65. The predicted octanol–water partition coefficient (Wildman–Crippen LogP) is 11.3. The maximum absolute atomic E-state index is 6.62. The van der Waals surface area contributed by atoms with E-state index in [1.165, 1.54) is 11.1 Å². The smallest absolute Gasteiger partial charge is 0.417 e. The third-order valence-electron chi connectivity index (χ3n) is 8.30. The van der Waals surface area contributed by atoms with Crippen LogP contribution in [0.25, 0.3) is 0 Å². The van der Waals surface area contributed by atoms with Gasteiger partial charge in [0.15, 0.2) is 0 Å². The van der Waals surface area contributed by atoms with Crippen LogP contribution in [0.2, 0.25) is 0 Å². The number of benzene rings is 4. The van der Waals surface area contributed by atoms with Crippen molar-refractivity contribution >= 4 is 17.2 Å². The summed E-state index contributed by atoms with van der Waals surface area (Å²) in [7, 11) is -3.31. The lowest BCUT2D eigenvalue weighted by molar-refractivity contribution is 0.174. The quantitative estimate of drug-likeness (QED) is 0.195. The highest BCUT2D eigenvalue weighted by molar-refractivity contribution is 7.43. The third kappa shape index (κ3) is 6.58. The Bertz CT molecular complexity index is 1660. The van der Waals surface area contributed by atoms with Gasteiger partial charge in [0.1, 0.15) is 23.0 Å². The van der Waals surface area contributed by atoms with E-state index in [0.29, 0.717) is 6.42 Å². The van der Waals surface area contributed by atoms with Gasteiger partial charge >= 0.3 is 17.2 Å². The summed E-state index contributed by atoms with van der Waals surface area (Å²) in [6, 6.07) is 17.2. The molecule has 0 fully saturated rings.